The molecule has 0 aromatic heterocycles. The summed E-state index contributed by atoms with van der Waals surface area (Å²) in [5.41, 5.74) is 2.60. The van der Waals surface area contributed by atoms with Crippen LogP contribution < -0.4 is 0 Å². The van der Waals surface area contributed by atoms with Crippen molar-refractivity contribution in [1.29, 1.82) is 0 Å². The SMILES string of the molecule is CCC=C(CC=NO)C(C)c1ccccc1. The summed E-state index contributed by atoms with van der Waals surface area (Å²) in [7, 11) is 0. The van der Waals surface area contributed by atoms with Gasteiger partial charge in [-0.3, -0.25) is 0 Å². The van der Waals surface area contributed by atoms with Crippen LogP contribution in [-0.2, 0) is 0 Å². The van der Waals surface area contributed by atoms with E-state index in [9.17, 15) is 0 Å². The number of hydrogen-bond donors (Lipinski definition) is 1. The molecule has 0 spiro atoms. The fraction of sp³-hybridized carbons (Fsp3) is 0.357. The quantitative estimate of drug-likeness (QED) is 0.344. The molecule has 0 fully saturated rings. The van der Waals surface area contributed by atoms with Crippen molar-refractivity contribution in [1.82, 2.24) is 0 Å². The Kier molecular flexibility index (Phi) is 5.34. The Hall–Kier alpha value is -1.57. The van der Waals surface area contributed by atoms with Crippen LogP contribution >= 0.6 is 0 Å². The maximum Gasteiger partial charge on any atom is 0.0476 e. The molecule has 0 aliphatic rings. The molecule has 0 radical (unpaired) electrons. The molecule has 0 saturated heterocycles. The van der Waals surface area contributed by atoms with Gasteiger partial charge in [-0.1, -0.05) is 55.8 Å². The van der Waals surface area contributed by atoms with Gasteiger partial charge in [-0.25, -0.2) is 0 Å². The highest BCUT2D eigenvalue weighted by molar-refractivity contribution is 5.61. The largest absolute Gasteiger partial charge is 0.411 e. The van der Waals surface area contributed by atoms with Crippen molar-refractivity contribution >= 4 is 6.21 Å². The summed E-state index contributed by atoms with van der Waals surface area (Å²) in [5, 5.41) is 11.5. The summed E-state index contributed by atoms with van der Waals surface area (Å²) in [6, 6.07) is 10.4. The van der Waals surface area contributed by atoms with Crippen molar-refractivity contribution in [3.8, 4) is 0 Å². The van der Waals surface area contributed by atoms with E-state index in [-0.39, 0.29) is 0 Å². The first-order valence-corrected chi connectivity index (χ1v) is 5.69. The van der Waals surface area contributed by atoms with Crippen LogP contribution in [0.5, 0.6) is 0 Å². The molecular weight excluding hydrogens is 198 g/mol. The second-order valence-corrected chi connectivity index (χ2v) is 3.82. The van der Waals surface area contributed by atoms with E-state index >= 15 is 0 Å². The average molecular weight is 217 g/mol. The second kappa shape index (κ2) is 6.83. The molecule has 0 saturated carbocycles. The molecule has 1 atom stereocenters. The van der Waals surface area contributed by atoms with E-state index in [0.717, 1.165) is 6.42 Å². The van der Waals surface area contributed by atoms with E-state index < -0.39 is 0 Å². The number of hydrogen-bond acceptors (Lipinski definition) is 2. The number of allylic oxidation sites excluding steroid dienone is 2. The van der Waals surface area contributed by atoms with Gasteiger partial charge in [-0.05, 0) is 12.0 Å². The Morgan fingerprint density at radius 1 is 1.38 bits per heavy atom. The highest BCUT2D eigenvalue weighted by Crippen LogP contribution is 2.25. The van der Waals surface area contributed by atoms with Gasteiger partial charge in [-0.15, -0.1) is 5.16 Å². The zero-order valence-electron chi connectivity index (χ0n) is 9.93. The van der Waals surface area contributed by atoms with E-state index in [4.69, 9.17) is 5.21 Å². The third-order valence-corrected chi connectivity index (χ3v) is 2.73. The van der Waals surface area contributed by atoms with E-state index in [1.807, 2.05) is 6.07 Å². The first-order valence-electron chi connectivity index (χ1n) is 5.69. The van der Waals surface area contributed by atoms with Crippen molar-refractivity contribution in [2.75, 3.05) is 0 Å². The number of rotatable bonds is 5. The smallest absolute Gasteiger partial charge is 0.0476 e. The molecule has 1 aromatic carbocycles. The minimum Gasteiger partial charge on any atom is -0.411 e. The molecule has 0 aliphatic heterocycles. The highest BCUT2D eigenvalue weighted by atomic mass is 16.4. The fourth-order valence-corrected chi connectivity index (χ4v) is 1.80. The molecule has 2 nitrogen and oxygen atoms in total. The molecule has 2 heteroatoms. The Balaban J connectivity index is 2.83. The molecular formula is C14H19NO. The molecule has 0 bridgehead atoms. The Morgan fingerprint density at radius 2 is 2.06 bits per heavy atom. The van der Waals surface area contributed by atoms with Gasteiger partial charge in [-0.2, -0.15) is 0 Å². The molecule has 0 aliphatic carbocycles. The molecule has 0 amide bonds. The highest BCUT2D eigenvalue weighted by Gasteiger charge is 2.09. The van der Waals surface area contributed by atoms with Gasteiger partial charge in [0, 0.05) is 18.6 Å². The predicted octanol–water partition coefficient (Wildman–Crippen LogP) is 3.98. The second-order valence-electron chi connectivity index (χ2n) is 3.82. The lowest BCUT2D eigenvalue weighted by Crippen LogP contribution is -1.99. The summed E-state index contributed by atoms with van der Waals surface area (Å²) >= 11 is 0. The maximum atomic E-state index is 8.48. The van der Waals surface area contributed by atoms with Crippen molar-refractivity contribution in [2.24, 2.45) is 5.16 Å². The van der Waals surface area contributed by atoms with E-state index in [1.54, 1.807) is 6.21 Å². The average Bonchev–Trinajstić information content (AvgIpc) is 2.35. The van der Waals surface area contributed by atoms with Gasteiger partial charge in [0.2, 0.25) is 0 Å². The zero-order chi connectivity index (χ0) is 11.8. The third kappa shape index (κ3) is 3.54. The van der Waals surface area contributed by atoms with Crippen LogP contribution in [0.15, 0.2) is 47.1 Å². The van der Waals surface area contributed by atoms with Crippen molar-refractivity contribution in [3.63, 3.8) is 0 Å². The summed E-state index contributed by atoms with van der Waals surface area (Å²) in [6.07, 6.45) is 5.46. The number of oxime groups is 1. The number of benzene rings is 1. The first kappa shape index (κ1) is 12.5. The fourth-order valence-electron chi connectivity index (χ4n) is 1.80. The van der Waals surface area contributed by atoms with Gasteiger partial charge in [0.25, 0.3) is 0 Å². The van der Waals surface area contributed by atoms with Crippen LogP contribution in [0, 0.1) is 0 Å². The van der Waals surface area contributed by atoms with Gasteiger partial charge in [0.15, 0.2) is 0 Å². The van der Waals surface area contributed by atoms with Crippen LogP contribution in [0.4, 0.5) is 0 Å². The van der Waals surface area contributed by atoms with Gasteiger partial charge in [0.1, 0.15) is 0 Å². The normalized spacial score (nSPS) is 14.2. The van der Waals surface area contributed by atoms with Crippen LogP contribution in [0.3, 0.4) is 0 Å². The maximum absolute atomic E-state index is 8.48. The lowest BCUT2D eigenvalue weighted by atomic mass is 9.90. The third-order valence-electron chi connectivity index (χ3n) is 2.73. The van der Waals surface area contributed by atoms with Crippen LogP contribution in [-0.4, -0.2) is 11.4 Å². The van der Waals surface area contributed by atoms with Gasteiger partial charge in [0.05, 0.1) is 0 Å². The zero-order valence-corrected chi connectivity index (χ0v) is 9.93. The standard InChI is InChI=1S/C14H19NO/c1-3-7-13(10-11-15-16)12(2)14-8-5-4-6-9-14/h4-9,11-12,16H,3,10H2,1-2H3. The topological polar surface area (TPSA) is 32.6 Å². The Morgan fingerprint density at radius 3 is 2.62 bits per heavy atom. The van der Waals surface area contributed by atoms with Gasteiger partial charge >= 0.3 is 0 Å². The summed E-state index contributed by atoms with van der Waals surface area (Å²) in [5.74, 6) is 0.374. The lowest BCUT2D eigenvalue weighted by Gasteiger charge is -2.15. The Bertz CT molecular complexity index is 354. The molecule has 1 rings (SSSR count). The summed E-state index contributed by atoms with van der Waals surface area (Å²) in [6.45, 7) is 4.30. The summed E-state index contributed by atoms with van der Waals surface area (Å²) in [4.78, 5) is 0. The van der Waals surface area contributed by atoms with Crippen LogP contribution in [0.1, 0.15) is 38.2 Å². The lowest BCUT2D eigenvalue weighted by molar-refractivity contribution is 0.320. The summed E-state index contributed by atoms with van der Waals surface area (Å²) < 4.78 is 0. The number of nitrogens with zero attached hydrogens (tertiary/aromatic N) is 1. The van der Waals surface area contributed by atoms with Crippen molar-refractivity contribution in [3.05, 3.63) is 47.5 Å². The van der Waals surface area contributed by atoms with Gasteiger partial charge < -0.3 is 5.21 Å². The van der Waals surface area contributed by atoms with E-state index in [2.05, 4.69) is 49.3 Å². The predicted molar refractivity (Wildman–Crippen MR) is 68.1 cm³/mol. The van der Waals surface area contributed by atoms with Crippen LogP contribution in [0.25, 0.3) is 0 Å². The van der Waals surface area contributed by atoms with Crippen LogP contribution in [0.2, 0.25) is 0 Å². The molecule has 86 valence electrons. The monoisotopic (exact) mass is 217 g/mol. The Labute approximate surface area is 97.3 Å². The van der Waals surface area contributed by atoms with Crippen molar-refractivity contribution in [2.45, 2.75) is 32.6 Å². The minimum atomic E-state index is 0.374. The van der Waals surface area contributed by atoms with Crippen molar-refractivity contribution < 1.29 is 5.21 Å². The minimum absolute atomic E-state index is 0.374. The van der Waals surface area contributed by atoms with E-state index in [1.165, 1.54) is 11.1 Å². The molecule has 1 N–H and O–H groups in total. The molecule has 16 heavy (non-hydrogen) atoms. The molecule has 0 heterocycles. The molecule has 1 unspecified atom stereocenters. The van der Waals surface area contributed by atoms with E-state index in [0.29, 0.717) is 12.3 Å². The molecule has 1 aromatic rings. The first-order chi connectivity index (χ1) is 7.79.